The molecule has 0 atom stereocenters. The lowest BCUT2D eigenvalue weighted by Crippen LogP contribution is -2.15. The fraction of sp³-hybridized carbons (Fsp3) is 0.300. The fourth-order valence-corrected chi connectivity index (χ4v) is 2.83. The molecule has 16 heavy (non-hydrogen) atoms. The summed E-state index contributed by atoms with van der Waals surface area (Å²) < 4.78 is 23.1. The Labute approximate surface area is 93.7 Å². The Morgan fingerprint density at radius 3 is 2.50 bits per heavy atom. The highest BCUT2D eigenvalue weighted by Gasteiger charge is 2.19. The molecule has 1 heterocycles. The minimum absolute atomic E-state index is 0.117. The van der Waals surface area contributed by atoms with Crippen LogP contribution in [0.5, 0.6) is 0 Å². The van der Waals surface area contributed by atoms with E-state index in [0.29, 0.717) is 22.4 Å². The number of aromatic amines is 1. The van der Waals surface area contributed by atoms with E-state index in [1.165, 1.54) is 0 Å². The van der Waals surface area contributed by atoms with Crippen LogP contribution in [0.4, 0.5) is 0 Å². The number of rotatable bonds is 1. The maximum atomic E-state index is 11.6. The highest BCUT2D eigenvalue weighted by atomic mass is 32.2. The van der Waals surface area contributed by atoms with Crippen LogP contribution in [-0.4, -0.2) is 18.4 Å². The van der Waals surface area contributed by atoms with Crippen LogP contribution in [0.25, 0.3) is 11.0 Å². The summed E-state index contributed by atoms with van der Waals surface area (Å²) in [5.41, 5.74) is 2.65. The summed E-state index contributed by atoms with van der Waals surface area (Å²) >= 11 is 0. The van der Waals surface area contributed by atoms with Crippen molar-refractivity contribution in [2.75, 3.05) is 0 Å². The van der Waals surface area contributed by atoms with Crippen molar-refractivity contribution in [2.45, 2.75) is 25.7 Å². The number of hydrogen-bond acceptors (Lipinski definition) is 3. The van der Waals surface area contributed by atoms with E-state index in [9.17, 15) is 8.42 Å². The predicted molar refractivity (Wildman–Crippen MR) is 61.7 cm³/mol. The van der Waals surface area contributed by atoms with Crippen LogP contribution in [0.3, 0.4) is 0 Å². The summed E-state index contributed by atoms with van der Waals surface area (Å²) in [6.07, 6.45) is 0. The van der Waals surface area contributed by atoms with Gasteiger partial charge in [0.2, 0.25) is 10.0 Å². The lowest BCUT2D eigenvalue weighted by Gasteiger charge is -2.07. The zero-order chi connectivity index (χ0) is 12.1. The maximum absolute atomic E-state index is 11.6. The van der Waals surface area contributed by atoms with E-state index >= 15 is 0 Å². The third-order valence-electron chi connectivity index (χ3n) is 2.64. The summed E-state index contributed by atoms with van der Waals surface area (Å²) in [6, 6.07) is 1.87. The smallest absolute Gasteiger partial charge is 0.240 e. The maximum Gasteiger partial charge on any atom is 0.240 e. The molecule has 0 aliphatic carbocycles. The molecule has 0 radical (unpaired) electrons. The van der Waals surface area contributed by atoms with Crippen LogP contribution >= 0.6 is 0 Å². The summed E-state index contributed by atoms with van der Waals surface area (Å²) in [7, 11) is -3.75. The lowest BCUT2D eigenvalue weighted by atomic mass is 10.1. The van der Waals surface area contributed by atoms with Crippen LogP contribution in [0.1, 0.15) is 17.0 Å². The highest BCUT2D eigenvalue weighted by molar-refractivity contribution is 7.89. The number of fused-ring (bicyclic) bond motifs is 1. The van der Waals surface area contributed by atoms with Crippen molar-refractivity contribution in [3.05, 3.63) is 23.0 Å². The second-order valence-electron chi connectivity index (χ2n) is 3.91. The minimum atomic E-state index is -3.75. The van der Waals surface area contributed by atoms with Gasteiger partial charge in [-0.2, -0.15) is 0 Å². The van der Waals surface area contributed by atoms with Gasteiger partial charge in [0.15, 0.2) is 0 Å². The van der Waals surface area contributed by atoms with Gasteiger partial charge in [0.05, 0.1) is 5.52 Å². The second kappa shape index (κ2) is 3.29. The quantitative estimate of drug-likeness (QED) is 0.782. The molecule has 0 unspecified atom stereocenters. The Hall–Kier alpha value is -1.40. The van der Waals surface area contributed by atoms with Crippen LogP contribution < -0.4 is 5.14 Å². The average Bonchev–Trinajstić information content (AvgIpc) is 2.43. The van der Waals surface area contributed by atoms with Crippen LogP contribution in [-0.2, 0) is 10.0 Å². The molecule has 0 aliphatic rings. The monoisotopic (exact) mass is 239 g/mol. The molecule has 3 N–H and O–H groups in total. The van der Waals surface area contributed by atoms with Gasteiger partial charge in [0.1, 0.15) is 16.2 Å². The molecule has 0 bridgehead atoms. The second-order valence-corrected chi connectivity index (χ2v) is 5.41. The number of H-pyrrole nitrogens is 1. The van der Waals surface area contributed by atoms with Gasteiger partial charge < -0.3 is 4.98 Å². The van der Waals surface area contributed by atoms with Gasteiger partial charge in [-0.25, -0.2) is 18.5 Å². The molecule has 0 saturated carbocycles. The van der Waals surface area contributed by atoms with Crippen molar-refractivity contribution >= 4 is 21.1 Å². The first-order valence-corrected chi connectivity index (χ1v) is 6.34. The van der Waals surface area contributed by atoms with Crippen LogP contribution in [0.15, 0.2) is 11.0 Å². The first-order chi connectivity index (χ1) is 7.30. The van der Waals surface area contributed by atoms with Gasteiger partial charge in [-0.05, 0) is 38.0 Å². The van der Waals surface area contributed by atoms with Gasteiger partial charge in [0.25, 0.3) is 0 Å². The Morgan fingerprint density at radius 1 is 1.31 bits per heavy atom. The number of benzene rings is 1. The normalized spacial score (nSPS) is 12.2. The molecule has 2 rings (SSSR count). The largest absolute Gasteiger partial charge is 0.342 e. The third-order valence-corrected chi connectivity index (χ3v) is 3.71. The Morgan fingerprint density at radius 2 is 1.94 bits per heavy atom. The molecule has 6 heteroatoms. The molecule has 2 aromatic rings. The van der Waals surface area contributed by atoms with E-state index < -0.39 is 10.0 Å². The van der Waals surface area contributed by atoms with Crippen molar-refractivity contribution in [1.82, 2.24) is 9.97 Å². The summed E-state index contributed by atoms with van der Waals surface area (Å²) in [5.74, 6) is 0.671. The molecule has 0 amide bonds. The SMILES string of the molecule is Cc1nc2c(S(N)(=O)=O)c(C)c(C)cc2[nH]1. The molecule has 5 nitrogen and oxygen atoms in total. The van der Waals surface area contributed by atoms with E-state index in [4.69, 9.17) is 5.14 Å². The molecule has 1 aromatic carbocycles. The summed E-state index contributed by atoms with van der Waals surface area (Å²) in [4.78, 5) is 7.29. The Kier molecular flexibility index (Phi) is 2.28. The number of hydrogen-bond donors (Lipinski definition) is 2. The topological polar surface area (TPSA) is 88.8 Å². The third kappa shape index (κ3) is 1.60. The van der Waals surface area contributed by atoms with Gasteiger partial charge in [0, 0.05) is 0 Å². The van der Waals surface area contributed by atoms with Crippen LogP contribution in [0, 0.1) is 20.8 Å². The van der Waals surface area contributed by atoms with Crippen molar-refractivity contribution in [3.63, 3.8) is 0 Å². The number of nitrogens with one attached hydrogen (secondary N) is 1. The molecule has 86 valence electrons. The molecule has 0 saturated heterocycles. The number of primary sulfonamides is 1. The van der Waals surface area contributed by atoms with Gasteiger partial charge in [-0.3, -0.25) is 0 Å². The van der Waals surface area contributed by atoms with E-state index in [0.717, 1.165) is 5.56 Å². The zero-order valence-electron chi connectivity index (χ0n) is 9.33. The van der Waals surface area contributed by atoms with Crippen LogP contribution in [0.2, 0.25) is 0 Å². The van der Waals surface area contributed by atoms with Gasteiger partial charge in [-0.15, -0.1) is 0 Å². The van der Waals surface area contributed by atoms with E-state index in [1.807, 2.05) is 13.0 Å². The average molecular weight is 239 g/mol. The van der Waals surface area contributed by atoms with Crippen molar-refractivity contribution in [1.29, 1.82) is 0 Å². The number of sulfonamides is 1. The number of nitrogens with zero attached hydrogens (tertiary/aromatic N) is 1. The van der Waals surface area contributed by atoms with E-state index in [2.05, 4.69) is 9.97 Å². The first kappa shape index (κ1) is 11.1. The van der Waals surface area contributed by atoms with Crippen molar-refractivity contribution < 1.29 is 8.42 Å². The number of aryl methyl sites for hydroxylation is 2. The molecule has 0 aliphatic heterocycles. The number of imidazole rings is 1. The van der Waals surface area contributed by atoms with E-state index in [-0.39, 0.29) is 4.90 Å². The summed E-state index contributed by atoms with van der Waals surface area (Å²) in [6.45, 7) is 5.36. The highest BCUT2D eigenvalue weighted by Crippen LogP contribution is 2.26. The van der Waals surface area contributed by atoms with E-state index in [1.54, 1.807) is 13.8 Å². The van der Waals surface area contributed by atoms with Gasteiger partial charge >= 0.3 is 0 Å². The predicted octanol–water partition coefficient (Wildman–Crippen LogP) is 1.14. The molecule has 0 fully saturated rings. The standard InChI is InChI=1S/C10H13N3O2S/c1-5-4-8-9(13-7(3)12-8)10(6(5)2)16(11,14)15/h4H,1-3H3,(H,12,13)(H2,11,14,15). The first-order valence-electron chi connectivity index (χ1n) is 4.80. The Bertz CT molecular complexity index is 671. The summed E-state index contributed by atoms with van der Waals surface area (Å²) in [5, 5.41) is 5.22. The molecule has 1 aromatic heterocycles. The van der Waals surface area contributed by atoms with Crippen molar-refractivity contribution in [2.24, 2.45) is 5.14 Å². The lowest BCUT2D eigenvalue weighted by molar-refractivity contribution is 0.598. The van der Waals surface area contributed by atoms with Gasteiger partial charge in [-0.1, -0.05) is 0 Å². The Balaban J connectivity index is 3.04. The number of nitrogens with two attached hydrogens (primary N) is 1. The molecular formula is C10H13N3O2S. The zero-order valence-corrected chi connectivity index (χ0v) is 10.1. The van der Waals surface area contributed by atoms with Crippen molar-refractivity contribution in [3.8, 4) is 0 Å². The fourth-order valence-electron chi connectivity index (χ4n) is 1.82. The minimum Gasteiger partial charge on any atom is -0.342 e. The molecular weight excluding hydrogens is 226 g/mol. The number of aromatic nitrogens is 2. The molecule has 0 spiro atoms.